The van der Waals surface area contributed by atoms with Crippen molar-refractivity contribution in [3.8, 4) is 0 Å². The number of carbonyl (C=O) groups is 2. The molecule has 2 aromatic carbocycles. The average Bonchev–Trinajstić information content (AvgIpc) is 2.92. The van der Waals surface area contributed by atoms with Gasteiger partial charge < -0.3 is 21.7 Å². The number of nitrogen functional groups attached to an aromatic ring is 2. The number of benzene rings is 2. The summed E-state index contributed by atoms with van der Waals surface area (Å²) in [7, 11) is 0. The largest absolute Gasteiger partial charge is 0.478 e. The molecule has 0 amide bonds. The van der Waals surface area contributed by atoms with Gasteiger partial charge >= 0.3 is 11.9 Å². The molecule has 2 heterocycles. The molecule has 0 aliphatic rings. The van der Waals surface area contributed by atoms with Crippen LogP contribution in [-0.4, -0.2) is 42.0 Å². The highest BCUT2D eigenvalue weighted by atomic mass is 35.5. The first kappa shape index (κ1) is 35.3. The Morgan fingerprint density at radius 2 is 1.00 bits per heavy atom. The molecule has 4 aromatic rings. The fourth-order valence-corrected chi connectivity index (χ4v) is 3.13. The number of nitrogens with zero attached hydrogens (tertiary/aromatic N) is 4. The third kappa shape index (κ3) is 11.8. The standard InChI is InChI=1S/2C7H4ClNO4.2C5H5ClN2/c2*8-6-3-4(9(12)13)1-2-5(6)7(10)11;2*6-5-4(7)2-1-3-8-5/h2*1-3H,(H,10,11);2*1-3H,7H2. The van der Waals surface area contributed by atoms with Gasteiger partial charge in [-0.15, -0.1) is 0 Å². The fourth-order valence-electron chi connectivity index (χ4n) is 2.38. The van der Waals surface area contributed by atoms with Crippen LogP contribution in [0, 0.1) is 20.2 Å². The highest BCUT2D eigenvalue weighted by molar-refractivity contribution is 6.34. The molecular formula is C24H18Cl4N6O8. The molecule has 0 spiro atoms. The summed E-state index contributed by atoms with van der Waals surface area (Å²) in [4.78, 5) is 47.5. The van der Waals surface area contributed by atoms with Crippen LogP contribution < -0.4 is 11.5 Å². The van der Waals surface area contributed by atoms with Gasteiger partial charge in [0.05, 0.1) is 42.4 Å². The molecule has 4 rings (SSSR count). The van der Waals surface area contributed by atoms with E-state index in [-0.39, 0.29) is 32.5 Å². The Morgan fingerprint density at radius 3 is 1.19 bits per heavy atom. The molecule has 0 aliphatic carbocycles. The molecule has 14 nitrogen and oxygen atoms in total. The molecule has 0 radical (unpaired) electrons. The number of halogens is 4. The van der Waals surface area contributed by atoms with E-state index in [9.17, 15) is 29.8 Å². The minimum Gasteiger partial charge on any atom is -0.478 e. The van der Waals surface area contributed by atoms with Crippen molar-refractivity contribution in [3.63, 3.8) is 0 Å². The smallest absolute Gasteiger partial charge is 0.337 e. The number of pyridine rings is 2. The second-order valence-corrected chi connectivity index (χ2v) is 8.75. The average molecular weight is 660 g/mol. The maximum absolute atomic E-state index is 10.4. The lowest BCUT2D eigenvalue weighted by Crippen LogP contribution is -1.98. The Bertz CT molecular complexity index is 1430. The predicted octanol–water partition coefficient (Wildman–Crippen LogP) is 6.53. The number of anilines is 2. The van der Waals surface area contributed by atoms with E-state index >= 15 is 0 Å². The van der Waals surface area contributed by atoms with Crippen LogP contribution in [0.4, 0.5) is 22.7 Å². The van der Waals surface area contributed by atoms with Gasteiger partial charge in [-0.25, -0.2) is 19.6 Å². The monoisotopic (exact) mass is 658 g/mol. The van der Waals surface area contributed by atoms with Crippen molar-refractivity contribution in [3.05, 3.63) is 125 Å². The maximum atomic E-state index is 10.4. The second-order valence-electron chi connectivity index (χ2n) is 7.22. The molecule has 6 N–H and O–H groups in total. The lowest BCUT2D eigenvalue weighted by molar-refractivity contribution is -0.385. The van der Waals surface area contributed by atoms with Gasteiger partial charge in [0.1, 0.15) is 0 Å². The molecule has 0 saturated carbocycles. The lowest BCUT2D eigenvalue weighted by atomic mass is 10.2. The van der Waals surface area contributed by atoms with Crippen molar-refractivity contribution in [1.82, 2.24) is 9.97 Å². The quantitative estimate of drug-likeness (QED) is 0.104. The molecule has 0 atom stereocenters. The third-order valence-corrected chi connectivity index (χ3v) is 5.62. The normalized spacial score (nSPS) is 9.43. The summed E-state index contributed by atoms with van der Waals surface area (Å²) in [5.74, 6) is -2.42. The van der Waals surface area contributed by atoms with Crippen molar-refractivity contribution >= 4 is 81.1 Å². The number of hydrogen-bond donors (Lipinski definition) is 4. The van der Waals surface area contributed by atoms with E-state index in [1.807, 2.05) is 0 Å². The Labute approximate surface area is 256 Å². The first-order valence-electron chi connectivity index (χ1n) is 10.7. The Balaban J connectivity index is 0.000000287. The second kappa shape index (κ2) is 17.1. The van der Waals surface area contributed by atoms with Gasteiger partial charge in [0, 0.05) is 36.7 Å². The predicted molar refractivity (Wildman–Crippen MR) is 157 cm³/mol. The first-order valence-corrected chi connectivity index (χ1v) is 12.2. The van der Waals surface area contributed by atoms with Crippen LogP contribution in [0.2, 0.25) is 20.4 Å². The summed E-state index contributed by atoms with van der Waals surface area (Å²) in [5.41, 5.74) is 10.9. The highest BCUT2D eigenvalue weighted by Crippen LogP contribution is 2.23. The summed E-state index contributed by atoms with van der Waals surface area (Å²) in [6.45, 7) is 0. The molecule has 220 valence electrons. The number of aromatic carboxylic acids is 2. The molecule has 0 saturated heterocycles. The summed E-state index contributed by atoms with van der Waals surface area (Å²) in [5, 5.41) is 38.0. The van der Waals surface area contributed by atoms with E-state index in [1.54, 1.807) is 36.7 Å². The molecule has 0 fully saturated rings. The minimum absolute atomic E-state index is 0.137. The molecule has 0 aliphatic heterocycles. The SMILES string of the molecule is Nc1cccnc1Cl.Nc1cccnc1Cl.O=C(O)c1ccc([N+](=O)[O-])cc1Cl.O=C(O)c1ccc([N+](=O)[O-])cc1Cl. The van der Waals surface area contributed by atoms with Crippen molar-refractivity contribution in [1.29, 1.82) is 0 Å². The number of non-ortho nitro benzene ring substituents is 2. The number of nitro groups is 2. The highest BCUT2D eigenvalue weighted by Gasteiger charge is 2.14. The van der Waals surface area contributed by atoms with Gasteiger partial charge in [-0.2, -0.15) is 0 Å². The van der Waals surface area contributed by atoms with Crippen LogP contribution in [0.25, 0.3) is 0 Å². The van der Waals surface area contributed by atoms with E-state index in [0.29, 0.717) is 21.7 Å². The number of aromatic nitrogens is 2. The van der Waals surface area contributed by atoms with E-state index < -0.39 is 21.8 Å². The molecule has 42 heavy (non-hydrogen) atoms. The summed E-state index contributed by atoms with van der Waals surface area (Å²) in [6, 6.07) is 13.3. The molecule has 2 aromatic heterocycles. The summed E-state index contributed by atoms with van der Waals surface area (Å²) < 4.78 is 0. The number of nitrogens with two attached hydrogens (primary N) is 2. The van der Waals surface area contributed by atoms with Crippen LogP contribution in [-0.2, 0) is 0 Å². The minimum atomic E-state index is -1.21. The van der Waals surface area contributed by atoms with Crippen LogP contribution >= 0.6 is 46.4 Å². The van der Waals surface area contributed by atoms with Gasteiger partial charge in [0.2, 0.25) is 0 Å². The Hall–Kier alpha value is -4.76. The molecule has 0 unspecified atom stereocenters. The zero-order valence-electron chi connectivity index (χ0n) is 20.7. The fraction of sp³-hybridized carbons (Fsp3) is 0. The van der Waals surface area contributed by atoms with E-state index in [1.165, 1.54) is 0 Å². The zero-order valence-corrected chi connectivity index (χ0v) is 23.8. The maximum Gasteiger partial charge on any atom is 0.337 e. The van der Waals surface area contributed by atoms with E-state index in [4.69, 9.17) is 68.1 Å². The summed E-state index contributed by atoms with van der Waals surface area (Å²) in [6.07, 6.45) is 3.19. The number of carboxylic acid groups (broad SMARTS) is 2. The van der Waals surface area contributed by atoms with Crippen LogP contribution in [0.3, 0.4) is 0 Å². The third-order valence-electron chi connectivity index (χ3n) is 4.36. The number of hydrogen-bond acceptors (Lipinski definition) is 10. The van der Waals surface area contributed by atoms with Gasteiger partial charge in [0.25, 0.3) is 11.4 Å². The molecular weight excluding hydrogens is 642 g/mol. The molecule has 18 heteroatoms. The van der Waals surface area contributed by atoms with Gasteiger partial charge in [-0.1, -0.05) is 46.4 Å². The van der Waals surface area contributed by atoms with Gasteiger partial charge in [-0.05, 0) is 36.4 Å². The van der Waals surface area contributed by atoms with E-state index in [0.717, 1.165) is 36.4 Å². The Kier molecular flexibility index (Phi) is 14.4. The van der Waals surface area contributed by atoms with Crippen molar-refractivity contribution in [2.24, 2.45) is 0 Å². The summed E-state index contributed by atoms with van der Waals surface area (Å²) >= 11 is 21.9. The van der Waals surface area contributed by atoms with Gasteiger partial charge in [-0.3, -0.25) is 20.2 Å². The number of carboxylic acids is 2. The van der Waals surface area contributed by atoms with Crippen molar-refractivity contribution in [2.45, 2.75) is 0 Å². The topological polar surface area (TPSA) is 239 Å². The Morgan fingerprint density at radius 1 is 0.667 bits per heavy atom. The first-order chi connectivity index (χ1) is 19.6. The number of nitro benzene ring substituents is 2. The van der Waals surface area contributed by atoms with Gasteiger partial charge in [0.15, 0.2) is 10.3 Å². The van der Waals surface area contributed by atoms with Crippen LogP contribution in [0.15, 0.2) is 73.1 Å². The van der Waals surface area contributed by atoms with Crippen LogP contribution in [0.1, 0.15) is 20.7 Å². The zero-order chi connectivity index (χ0) is 32.0. The van der Waals surface area contributed by atoms with Crippen molar-refractivity contribution < 1.29 is 29.6 Å². The van der Waals surface area contributed by atoms with E-state index in [2.05, 4.69) is 9.97 Å². The van der Waals surface area contributed by atoms with Crippen molar-refractivity contribution in [2.75, 3.05) is 11.5 Å². The van der Waals surface area contributed by atoms with Crippen LogP contribution in [0.5, 0.6) is 0 Å². The molecule has 0 bridgehead atoms. The lowest BCUT2D eigenvalue weighted by Gasteiger charge is -1.97. The number of rotatable bonds is 4.